The summed E-state index contributed by atoms with van der Waals surface area (Å²) in [6.45, 7) is 0.911. The van der Waals surface area contributed by atoms with Gasteiger partial charge in [0.25, 0.3) is 10.0 Å². The number of para-hydroxylation sites is 1. The van der Waals surface area contributed by atoms with Crippen LogP contribution in [0.2, 0.25) is 15.1 Å². The van der Waals surface area contributed by atoms with E-state index in [1.807, 2.05) is 0 Å². The van der Waals surface area contributed by atoms with Gasteiger partial charge in [0.2, 0.25) is 11.8 Å². The number of rotatable bonds is 10. The lowest BCUT2D eigenvalue weighted by Gasteiger charge is -2.33. The van der Waals surface area contributed by atoms with Crippen molar-refractivity contribution in [2.45, 2.75) is 62.6 Å². The first kappa shape index (κ1) is 31.2. The highest BCUT2D eigenvalue weighted by atomic mass is 35.5. The van der Waals surface area contributed by atoms with E-state index < -0.39 is 28.5 Å². The summed E-state index contributed by atoms with van der Waals surface area (Å²) in [7, 11) is -4.21. The van der Waals surface area contributed by atoms with Crippen molar-refractivity contribution in [3.8, 4) is 0 Å². The number of anilines is 1. The van der Waals surface area contributed by atoms with Crippen LogP contribution >= 0.6 is 34.8 Å². The molecule has 4 rings (SSSR count). The lowest BCUT2D eigenvalue weighted by Crippen LogP contribution is -2.53. The van der Waals surface area contributed by atoms with E-state index in [1.165, 1.54) is 23.1 Å². The summed E-state index contributed by atoms with van der Waals surface area (Å²) < 4.78 is 28.7. The standard InChI is InChI=1S/C30H32Cl3N3O4S/c1-21(30(38)34-22-11-4-2-5-12-22)35(19-24-25(31)16-10-17-26(24)32)29(37)20-36(28-18-9-8-15-27(28)33)41(39,40)23-13-6-3-7-14-23/h3,6-10,13-18,21-22H,2,4-5,11-12,19-20H2,1H3,(H,34,38)/t21-/m1/s1. The summed E-state index contributed by atoms with van der Waals surface area (Å²) in [5.41, 5.74) is 0.595. The molecule has 2 amide bonds. The van der Waals surface area contributed by atoms with Crippen LogP contribution in [0.25, 0.3) is 0 Å². The van der Waals surface area contributed by atoms with Crippen molar-refractivity contribution in [2.75, 3.05) is 10.8 Å². The summed E-state index contributed by atoms with van der Waals surface area (Å²) >= 11 is 19.3. The Morgan fingerprint density at radius 2 is 1.44 bits per heavy atom. The van der Waals surface area contributed by atoms with E-state index in [9.17, 15) is 18.0 Å². The maximum Gasteiger partial charge on any atom is 0.264 e. The quantitative estimate of drug-likeness (QED) is 0.268. The van der Waals surface area contributed by atoms with Gasteiger partial charge in [0.05, 0.1) is 15.6 Å². The molecule has 0 heterocycles. The molecule has 7 nitrogen and oxygen atoms in total. The fourth-order valence-corrected chi connectivity index (χ4v) is 7.15. The second-order valence-corrected chi connectivity index (χ2v) is 13.1. The van der Waals surface area contributed by atoms with Crippen molar-refractivity contribution in [3.05, 3.63) is 93.4 Å². The predicted molar refractivity (Wildman–Crippen MR) is 164 cm³/mol. The Labute approximate surface area is 256 Å². The van der Waals surface area contributed by atoms with Crippen LogP contribution in [0.15, 0.2) is 77.7 Å². The molecule has 0 radical (unpaired) electrons. The van der Waals surface area contributed by atoms with Gasteiger partial charge in [-0.25, -0.2) is 8.42 Å². The third kappa shape index (κ3) is 7.55. The first-order chi connectivity index (χ1) is 19.6. The fraction of sp³-hybridized carbons (Fsp3) is 0.333. The number of nitrogens with zero attached hydrogens (tertiary/aromatic N) is 2. The molecule has 1 atom stereocenters. The number of hydrogen-bond donors (Lipinski definition) is 1. The molecule has 0 saturated heterocycles. The van der Waals surface area contributed by atoms with Crippen molar-refractivity contribution in [1.29, 1.82) is 0 Å². The van der Waals surface area contributed by atoms with E-state index in [1.54, 1.807) is 61.5 Å². The highest BCUT2D eigenvalue weighted by Gasteiger charge is 2.34. The van der Waals surface area contributed by atoms with E-state index in [-0.39, 0.29) is 34.1 Å². The monoisotopic (exact) mass is 635 g/mol. The SMILES string of the molecule is C[C@H](C(=O)NC1CCCCC1)N(Cc1c(Cl)cccc1Cl)C(=O)CN(c1ccccc1Cl)S(=O)(=O)c1ccccc1. The summed E-state index contributed by atoms with van der Waals surface area (Å²) in [5, 5.41) is 3.88. The third-order valence-corrected chi connectivity index (χ3v) is 10.0. The van der Waals surface area contributed by atoms with Crippen LogP contribution in [0, 0.1) is 0 Å². The molecule has 1 saturated carbocycles. The predicted octanol–water partition coefficient (Wildman–Crippen LogP) is 6.71. The number of hydrogen-bond acceptors (Lipinski definition) is 4. The Bertz CT molecular complexity index is 1460. The van der Waals surface area contributed by atoms with Gasteiger partial charge >= 0.3 is 0 Å². The lowest BCUT2D eigenvalue weighted by molar-refractivity contribution is -0.139. The number of carbonyl (C=O) groups is 2. The van der Waals surface area contributed by atoms with Crippen molar-refractivity contribution in [3.63, 3.8) is 0 Å². The number of halogens is 3. The molecule has 0 aliphatic heterocycles. The second kappa shape index (κ2) is 13.9. The van der Waals surface area contributed by atoms with Crippen molar-refractivity contribution in [2.24, 2.45) is 0 Å². The Morgan fingerprint density at radius 3 is 2.07 bits per heavy atom. The normalized spacial score (nSPS) is 14.7. The third-order valence-electron chi connectivity index (χ3n) is 7.24. The number of amides is 2. The zero-order chi connectivity index (χ0) is 29.6. The minimum absolute atomic E-state index is 0.00323. The maximum absolute atomic E-state index is 14.1. The van der Waals surface area contributed by atoms with Gasteiger partial charge in [0.1, 0.15) is 12.6 Å². The molecule has 3 aromatic carbocycles. The van der Waals surface area contributed by atoms with Gasteiger partial charge < -0.3 is 10.2 Å². The highest BCUT2D eigenvalue weighted by Crippen LogP contribution is 2.32. The van der Waals surface area contributed by atoms with Crippen LogP contribution in [0.1, 0.15) is 44.6 Å². The molecule has 0 bridgehead atoms. The molecule has 3 aromatic rings. The molecule has 0 spiro atoms. The molecular weight excluding hydrogens is 605 g/mol. The van der Waals surface area contributed by atoms with Crippen LogP contribution in [0.4, 0.5) is 5.69 Å². The molecule has 1 N–H and O–H groups in total. The van der Waals surface area contributed by atoms with Crippen LogP contribution in [-0.4, -0.2) is 43.8 Å². The number of carbonyl (C=O) groups excluding carboxylic acids is 2. The maximum atomic E-state index is 14.1. The molecular formula is C30H32Cl3N3O4S. The van der Waals surface area contributed by atoms with E-state index in [2.05, 4.69) is 5.32 Å². The van der Waals surface area contributed by atoms with Gasteiger partial charge in [0, 0.05) is 28.2 Å². The van der Waals surface area contributed by atoms with E-state index in [4.69, 9.17) is 34.8 Å². The smallest absolute Gasteiger partial charge is 0.264 e. The van der Waals surface area contributed by atoms with E-state index >= 15 is 0 Å². The molecule has 0 aromatic heterocycles. The Hall–Kier alpha value is -2.78. The Morgan fingerprint density at radius 1 is 0.854 bits per heavy atom. The molecule has 1 aliphatic carbocycles. The van der Waals surface area contributed by atoms with Gasteiger partial charge in [-0.2, -0.15) is 0 Å². The summed E-state index contributed by atoms with van der Waals surface area (Å²) in [6.07, 6.45) is 4.94. The van der Waals surface area contributed by atoms with Gasteiger partial charge in [-0.15, -0.1) is 0 Å². The molecule has 1 fully saturated rings. The minimum atomic E-state index is -4.21. The summed E-state index contributed by atoms with van der Waals surface area (Å²) in [5.74, 6) is -0.949. The average molecular weight is 637 g/mol. The van der Waals surface area contributed by atoms with Gasteiger partial charge in [-0.3, -0.25) is 13.9 Å². The Kier molecular flexibility index (Phi) is 10.6. The first-order valence-corrected chi connectivity index (χ1v) is 16.0. The largest absolute Gasteiger partial charge is 0.352 e. The molecule has 11 heteroatoms. The number of nitrogens with one attached hydrogen (secondary N) is 1. The van der Waals surface area contributed by atoms with E-state index in [0.717, 1.165) is 36.4 Å². The van der Waals surface area contributed by atoms with Gasteiger partial charge in [-0.05, 0) is 56.2 Å². The highest BCUT2D eigenvalue weighted by molar-refractivity contribution is 7.92. The fourth-order valence-electron chi connectivity index (χ4n) is 4.89. The van der Waals surface area contributed by atoms with Gasteiger partial charge in [0.15, 0.2) is 0 Å². The molecule has 218 valence electrons. The number of benzene rings is 3. The minimum Gasteiger partial charge on any atom is -0.352 e. The number of sulfonamides is 1. The summed E-state index contributed by atoms with van der Waals surface area (Å²) in [6, 6.07) is 18.3. The van der Waals surface area contributed by atoms with E-state index in [0.29, 0.717) is 15.6 Å². The van der Waals surface area contributed by atoms with Crippen LogP contribution < -0.4 is 9.62 Å². The topological polar surface area (TPSA) is 86.8 Å². The zero-order valence-corrected chi connectivity index (χ0v) is 25.7. The average Bonchev–Trinajstić information content (AvgIpc) is 2.96. The lowest BCUT2D eigenvalue weighted by atomic mass is 9.95. The first-order valence-electron chi connectivity index (χ1n) is 13.4. The van der Waals surface area contributed by atoms with Crippen molar-refractivity contribution in [1.82, 2.24) is 10.2 Å². The van der Waals surface area contributed by atoms with Crippen LogP contribution in [0.5, 0.6) is 0 Å². The zero-order valence-electron chi connectivity index (χ0n) is 22.6. The van der Waals surface area contributed by atoms with Crippen LogP contribution in [-0.2, 0) is 26.2 Å². The van der Waals surface area contributed by atoms with Crippen molar-refractivity contribution < 1.29 is 18.0 Å². The van der Waals surface area contributed by atoms with Gasteiger partial charge in [-0.1, -0.05) is 90.5 Å². The summed E-state index contributed by atoms with van der Waals surface area (Å²) in [4.78, 5) is 28.8. The second-order valence-electron chi connectivity index (χ2n) is 10.0. The molecule has 1 aliphatic rings. The van der Waals surface area contributed by atoms with Crippen molar-refractivity contribution >= 4 is 62.3 Å². The molecule has 0 unspecified atom stereocenters. The molecule has 41 heavy (non-hydrogen) atoms. The van der Waals surface area contributed by atoms with Crippen LogP contribution in [0.3, 0.4) is 0 Å². The Balaban J connectivity index is 1.71.